The molecular weight excluding hydrogens is 596 g/mol. The number of hydrogen-bond acceptors (Lipinski definition) is 8. The number of fused-ring (bicyclic) bond motifs is 1. The highest BCUT2D eigenvalue weighted by molar-refractivity contribution is 5.91. The molecule has 0 radical (unpaired) electrons. The maximum Gasteiger partial charge on any atom is 0.343 e. The number of nitrogens with one attached hydrogen (secondary N) is 1. The van der Waals surface area contributed by atoms with Crippen molar-refractivity contribution in [3.8, 4) is 11.7 Å². The number of ether oxygens (including phenoxy) is 2. The standard InChI is InChI=1S/C30H30F4N8O3/c1-44-23-4-2-3-22-26(23)39-28(27(33)34)42(22)29-37-24(16-25(38-29)40-11-13-45-14-12-40)36-20-7-9-41(10-8-20)30(43)35-17-18-5-6-19(31)15-21(18)32/h2-6,15-17,20,27H,7-14H2,1H3,(H,36,37,38)/b35-17+. The highest BCUT2D eigenvalue weighted by Gasteiger charge is 2.27. The fourth-order valence-corrected chi connectivity index (χ4v) is 5.40. The molecule has 2 aromatic heterocycles. The van der Waals surface area contributed by atoms with Crippen molar-refractivity contribution >= 4 is 34.9 Å². The summed E-state index contributed by atoms with van der Waals surface area (Å²) in [6.07, 6.45) is -0.726. The number of benzene rings is 2. The molecule has 6 rings (SSSR count). The summed E-state index contributed by atoms with van der Waals surface area (Å²) in [6.45, 7) is 2.87. The predicted octanol–water partition coefficient (Wildman–Crippen LogP) is 4.99. The lowest BCUT2D eigenvalue weighted by Gasteiger charge is -2.32. The SMILES string of the molecule is COc1cccc2c1nc(C(F)F)n2-c1nc(NC2CCN(C(=O)/N=C/c3ccc(F)cc3F)CC2)cc(N2CCOCC2)n1. The third-order valence-electron chi connectivity index (χ3n) is 7.72. The molecule has 236 valence electrons. The van der Waals surface area contributed by atoms with Gasteiger partial charge in [0.05, 0.1) is 25.8 Å². The first-order valence-electron chi connectivity index (χ1n) is 14.4. The lowest BCUT2D eigenvalue weighted by atomic mass is 10.1. The number of alkyl halides is 2. The normalized spacial score (nSPS) is 16.2. The van der Waals surface area contributed by atoms with Crippen LogP contribution in [-0.4, -0.2) is 89.2 Å². The van der Waals surface area contributed by atoms with Crippen molar-refractivity contribution in [1.82, 2.24) is 24.4 Å². The third kappa shape index (κ3) is 6.53. The summed E-state index contributed by atoms with van der Waals surface area (Å²) in [5, 5.41) is 3.40. The van der Waals surface area contributed by atoms with Crippen LogP contribution in [0.2, 0.25) is 0 Å². The van der Waals surface area contributed by atoms with Gasteiger partial charge in [0.25, 0.3) is 6.43 Å². The van der Waals surface area contributed by atoms with E-state index in [4.69, 9.17) is 9.47 Å². The molecule has 11 nitrogen and oxygen atoms in total. The summed E-state index contributed by atoms with van der Waals surface area (Å²) in [5.41, 5.74) is 0.658. The number of carbonyl (C=O) groups excluding carboxylic acids is 1. The molecule has 0 saturated carbocycles. The Balaban J connectivity index is 1.24. The number of urea groups is 1. The Morgan fingerprint density at radius 2 is 1.84 bits per heavy atom. The maximum absolute atomic E-state index is 14.3. The predicted molar refractivity (Wildman–Crippen MR) is 159 cm³/mol. The molecule has 15 heteroatoms. The molecule has 0 atom stereocenters. The fraction of sp³-hybridized carbons (Fsp3) is 0.367. The van der Waals surface area contributed by atoms with Crippen LogP contribution in [0.3, 0.4) is 0 Å². The average molecular weight is 627 g/mol. The number of anilines is 2. The number of methoxy groups -OCH3 is 1. The molecule has 2 amide bonds. The van der Waals surface area contributed by atoms with Crippen molar-refractivity contribution in [2.45, 2.75) is 25.3 Å². The minimum atomic E-state index is -2.90. The summed E-state index contributed by atoms with van der Waals surface area (Å²) < 4.78 is 67.8. The number of nitrogens with zero attached hydrogens (tertiary/aromatic N) is 7. The van der Waals surface area contributed by atoms with Gasteiger partial charge in [-0.25, -0.2) is 32.3 Å². The molecule has 0 spiro atoms. The number of hydrogen-bond donors (Lipinski definition) is 1. The van der Waals surface area contributed by atoms with Crippen LogP contribution >= 0.6 is 0 Å². The quantitative estimate of drug-likeness (QED) is 0.226. The number of para-hydroxylation sites is 1. The van der Waals surface area contributed by atoms with Crippen molar-refractivity contribution < 1.29 is 31.8 Å². The minimum absolute atomic E-state index is 0.0102. The van der Waals surface area contributed by atoms with Crippen molar-refractivity contribution in [3.05, 3.63) is 65.5 Å². The second-order valence-electron chi connectivity index (χ2n) is 10.6. The highest BCUT2D eigenvalue weighted by atomic mass is 19.3. The smallest absolute Gasteiger partial charge is 0.343 e. The summed E-state index contributed by atoms with van der Waals surface area (Å²) in [5.74, 6) is -0.670. The number of aliphatic imine (C=N–C) groups is 1. The van der Waals surface area contributed by atoms with Gasteiger partial charge >= 0.3 is 6.03 Å². The number of halogens is 4. The van der Waals surface area contributed by atoms with Gasteiger partial charge in [-0.05, 0) is 37.1 Å². The first-order chi connectivity index (χ1) is 21.8. The van der Waals surface area contributed by atoms with Crippen LogP contribution in [0.15, 0.2) is 47.5 Å². The highest BCUT2D eigenvalue weighted by Crippen LogP contribution is 2.33. The summed E-state index contributed by atoms with van der Waals surface area (Å²) in [4.78, 5) is 33.6. The number of likely N-dealkylation sites (tertiary alicyclic amines) is 1. The fourth-order valence-electron chi connectivity index (χ4n) is 5.40. The number of carbonyl (C=O) groups is 1. The zero-order valence-electron chi connectivity index (χ0n) is 24.3. The van der Waals surface area contributed by atoms with Gasteiger partial charge in [0.15, 0.2) is 5.82 Å². The minimum Gasteiger partial charge on any atom is -0.494 e. The number of rotatable bonds is 7. The zero-order chi connectivity index (χ0) is 31.5. The van der Waals surface area contributed by atoms with E-state index in [1.165, 1.54) is 17.7 Å². The summed E-state index contributed by atoms with van der Waals surface area (Å²) in [7, 11) is 1.45. The average Bonchev–Trinajstić information content (AvgIpc) is 3.45. The van der Waals surface area contributed by atoms with Crippen LogP contribution in [0.4, 0.5) is 34.0 Å². The maximum atomic E-state index is 14.3. The van der Waals surface area contributed by atoms with Crippen molar-refractivity contribution in [2.75, 3.05) is 56.7 Å². The molecule has 2 aliphatic heterocycles. The number of amides is 2. The lowest BCUT2D eigenvalue weighted by Crippen LogP contribution is -2.41. The van der Waals surface area contributed by atoms with E-state index < -0.39 is 29.9 Å². The monoisotopic (exact) mass is 626 g/mol. The van der Waals surface area contributed by atoms with E-state index in [0.29, 0.717) is 75.1 Å². The van der Waals surface area contributed by atoms with Crippen LogP contribution < -0.4 is 15.0 Å². The first-order valence-corrected chi connectivity index (χ1v) is 14.4. The molecular formula is C30H30F4N8O3. The second-order valence-corrected chi connectivity index (χ2v) is 10.6. The second kappa shape index (κ2) is 13.1. The van der Waals surface area contributed by atoms with Crippen LogP contribution in [0.5, 0.6) is 5.75 Å². The molecule has 45 heavy (non-hydrogen) atoms. The molecule has 1 N–H and O–H groups in total. The molecule has 2 saturated heterocycles. The van der Waals surface area contributed by atoms with E-state index in [2.05, 4.69) is 25.3 Å². The van der Waals surface area contributed by atoms with Crippen molar-refractivity contribution in [2.24, 2.45) is 4.99 Å². The van der Waals surface area contributed by atoms with E-state index in [1.807, 2.05) is 4.90 Å². The number of morpholine rings is 1. The molecule has 0 bridgehead atoms. The molecule has 4 aromatic rings. The summed E-state index contributed by atoms with van der Waals surface area (Å²) >= 11 is 0. The zero-order valence-corrected chi connectivity index (χ0v) is 24.3. The topological polar surface area (TPSA) is 110 Å². The van der Waals surface area contributed by atoms with E-state index in [-0.39, 0.29) is 23.1 Å². The molecule has 4 heterocycles. The van der Waals surface area contributed by atoms with Crippen LogP contribution in [0.1, 0.15) is 30.7 Å². The molecule has 0 unspecified atom stereocenters. The van der Waals surface area contributed by atoms with Gasteiger partial charge in [0, 0.05) is 56.1 Å². The van der Waals surface area contributed by atoms with E-state index in [1.54, 1.807) is 29.2 Å². The van der Waals surface area contributed by atoms with Crippen molar-refractivity contribution in [3.63, 3.8) is 0 Å². The molecule has 0 aliphatic carbocycles. The Morgan fingerprint density at radius 3 is 2.56 bits per heavy atom. The third-order valence-corrected chi connectivity index (χ3v) is 7.72. The number of aromatic nitrogens is 4. The van der Waals surface area contributed by atoms with Gasteiger partial charge in [0.1, 0.15) is 34.5 Å². The lowest BCUT2D eigenvalue weighted by molar-refractivity contribution is 0.122. The number of imidazole rings is 1. The van der Waals surface area contributed by atoms with Crippen LogP contribution in [0.25, 0.3) is 17.0 Å². The van der Waals surface area contributed by atoms with Gasteiger partial charge in [-0.3, -0.25) is 4.57 Å². The Bertz CT molecular complexity index is 1720. The van der Waals surface area contributed by atoms with Gasteiger partial charge in [-0.2, -0.15) is 9.97 Å². The Hall–Kier alpha value is -4.79. The van der Waals surface area contributed by atoms with Crippen LogP contribution in [-0.2, 0) is 4.74 Å². The van der Waals surface area contributed by atoms with E-state index >= 15 is 0 Å². The Kier molecular flexibility index (Phi) is 8.78. The van der Waals surface area contributed by atoms with Gasteiger partial charge < -0.3 is 24.6 Å². The first kappa shape index (κ1) is 30.2. The van der Waals surface area contributed by atoms with Crippen LogP contribution in [0, 0.1) is 11.6 Å². The van der Waals surface area contributed by atoms with E-state index in [9.17, 15) is 22.4 Å². The van der Waals surface area contributed by atoms with Gasteiger partial charge in [0.2, 0.25) is 5.95 Å². The van der Waals surface area contributed by atoms with Crippen molar-refractivity contribution in [1.29, 1.82) is 0 Å². The Morgan fingerprint density at radius 1 is 1.07 bits per heavy atom. The van der Waals surface area contributed by atoms with E-state index in [0.717, 1.165) is 18.3 Å². The summed E-state index contributed by atoms with van der Waals surface area (Å²) in [6, 6.07) is 9.18. The molecule has 2 aromatic carbocycles. The Labute approximate surface area is 255 Å². The largest absolute Gasteiger partial charge is 0.494 e. The van der Waals surface area contributed by atoms with Gasteiger partial charge in [-0.15, -0.1) is 0 Å². The molecule has 2 aliphatic rings. The molecule has 2 fully saturated rings. The number of piperidine rings is 1. The van der Waals surface area contributed by atoms with Gasteiger partial charge in [-0.1, -0.05) is 6.07 Å².